The summed E-state index contributed by atoms with van der Waals surface area (Å²) in [5.74, 6) is 0.869. The van der Waals surface area contributed by atoms with Gasteiger partial charge in [0, 0.05) is 41.3 Å². The van der Waals surface area contributed by atoms with Gasteiger partial charge in [0.25, 0.3) is 0 Å². The molecule has 0 aliphatic carbocycles. The van der Waals surface area contributed by atoms with Gasteiger partial charge in [-0.3, -0.25) is 4.68 Å². The average molecular weight is 336 g/mol. The molecular weight excluding hydrogens is 318 g/mol. The van der Waals surface area contributed by atoms with E-state index in [1.807, 2.05) is 36.1 Å². The van der Waals surface area contributed by atoms with Gasteiger partial charge in [0.15, 0.2) is 0 Å². The molecule has 2 heterocycles. The van der Waals surface area contributed by atoms with Crippen LogP contribution in [-0.2, 0) is 13.5 Å². The maximum absolute atomic E-state index is 6.30. The van der Waals surface area contributed by atoms with Crippen molar-refractivity contribution in [1.82, 2.24) is 9.78 Å². The van der Waals surface area contributed by atoms with Crippen LogP contribution in [-0.4, -0.2) is 9.78 Å². The van der Waals surface area contributed by atoms with Crippen LogP contribution in [0.2, 0.25) is 0 Å². The quantitative estimate of drug-likeness (QED) is 0.916. The Morgan fingerprint density at radius 3 is 3.00 bits per heavy atom. The van der Waals surface area contributed by atoms with Crippen LogP contribution >= 0.6 is 15.9 Å². The number of fused-ring (bicyclic) bond motifs is 1. The molecule has 2 N–H and O–H groups in total. The van der Waals surface area contributed by atoms with Gasteiger partial charge in [-0.1, -0.05) is 28.9 Å². The second kappa shape index (κ2) is 5.22. The number of aromatic nitrogens is 2. The molecule has 3 rings (SSSR count). The Morgan fingerprint density at radius 1 is 1.45 bits per heavy atom. The minimum Gasteiger partial charge on any atom is -0.485 e. The molecule has 20 heavy (non-hydrogen) atoms. The van der Waals surface area contributed by atoms with Crippen molar-refractivity contribution >= 4 is 15.9 Å². The van der Waals surface area contributed by atoms with Gasteiger partial charge in [-0.2, -0.15) is 5.10 Å². The van der Waals surface area contributed by atoms with Crippen LogP contribution in [0.25, 0.3) is 0 Å². The largest absolute Gasteiger partial charge is 0.485 e. The highest BCUT2D eigenvalue weighted by atomic mass is 79.9. The van der Waals surface area contributed by atoms with E-state index in [1.165, 1.54) is 0 Å². The summed E-state index contributed by atoms with van der Waals surface area (Å²) < 4.78 is 9.01. The number of hydrogen-bond acceptors (Lipinski definition) is 3. The SMILES string of the molecule is CCc1nn(C)cc1C1C[C@H](N)c2ccc(Br)cc2O1. The second-order valence-electron chi connectivity index (χ2n) is 5.19. The van der Waals surface area contributed by atoms with Gasteiger partial charge in [-0.15, -0.1) is 0 Å². The lowest BCUT2D eigenvalue weighted by atomic mass is 9.93. The third-order valence-corrected chi connectivity index (χ3v) is 4.22. The fourth-order valence-corrected chi connectivity index (χ4v) is 3.10. The molecule has 2 aromatic rings. The fourth-order valence-electron chi connectivity index (χ4n) is 2.76. The second-order valence-corrected chi connectivity index (χ2v) is 6.10. The van der Waals surface area contributed by atoms with Gasteiger partial charge in [0.05, 0.1) is 5.69 Å². The lowest BCUT2D eigenvalue weighted by Gasteiger charge is -2.30. The molecule has 2 atom stereocenters. The van der Waals surface area contributed by atoms with Crippen molar-refractivity contribution < 1.29 is 4.74 Å². The van der Waals surface area contributed by atoms with Gasteiger partial charge < -0.3 is 10.5 Å². The summed E-state index contributed by atoms with van der Waals surface area (Å²) in [5, 5.41) is 4.49. The zero-order valence-corrected chi connectivity index (χ0v) is 13.2. The Labute approximate surface area is 127 Å². The van der Waals surface area contributed by atoms with E-state index in [2.05, 4.69) is 28.0 Å². The van der Waals surface area contributed by atoms with Gasteiger partial charge in [0.1, 0.15) is 11.9 Å². The standard InChI is InChI=1S/C15H18BrN3O/c1-3-13-11(8-19(2)18-13)15-7-12(17)10-5-4-9(16)6-14(10)20-15/h4-6,8,12,15H,3,7,17H2,1-2H3/t12-,15?/m0/s1. The number of ether oxygens (including phenoxy) is 1. The molecule has 0 bridgehead atoms. The fraction of sp³-hybridized carbons (Fsp3) is 0.400. The number of nitrogens with two attached hydrogens (primary N) is 1. The number of rotatable bonds is 2. The third kappa shape index (κ3) is 2.36. The molecule has 0 saturated heterocycles. The van der Waals surface area contributed by atoms with Crippen LogP contribution in [0.3, 0.4) is 0 Å². The monoisotopic (exact) mass is 335 g/mol. The maximum atomic E-state index is 6.30. The predicted molar refractivity (Wildman–Crippen MR) is 81.6 cm³/mol. The van der Waals surface area contributed by atoms with E-state index in [1.54, 1.807) is 0 Å². The molecule has 1 unspecified atom stereocenters. The summed E-state index contributed by atoms with van der Waals surface area (Å²) in [6, 6.07) is 6.03. The topological polar surface area (TPSA) is 53.1 Å². The van der Waals surface area contributed by atoms with Gasteiger partial charge >= 0.3 is 0 Å². The first-order chi connectivity index (χ1) is 9.58. The molecule has 0 saturated carbocycles. The zero-order valence-electron chi connectivity index (χ0n) is 11.6. The van der Waals surface area contributed by atoms with Gasteiger partial charge in [-0.25, -0.2) is 0 Å². The number of halogens is 1. The minimum atomic E-state index is -0.0181. The minimum absolute atomic E-state index is 0.00163. The van der Waals surface area contributed by atoms with E-state index in [-0.39, 0.29) is 12.1 Å². The van der Waals surface area contributed by atoms with E-state index in [9.17, 15) is 0 Å². The smallest absolute Gasteiger partial charge is 0.129 e. The highest BCUT2D eigenvalue weighted by Gasteiger charge is 2.29. The Hall–Kier alpha value is -1.33. The molecule has 1 aromatic carbocycles. The lowest BCUT2D eigenvalue weighted by Crippen LogP contribution is -2.24. The Bertz CT molecular complexity index is 638. The Morgan fingerprint density at radius 2 is 2.25 bits per heavy atom. The summed E-state index contributed by atoms with van der Waals surface area (Å²) in [7, 11) is 1.94. The van der Waals surface area contributed by atoms with E-state index >= 15 is 0 Å². The first-order valence-corrected chi connectivity index (χ1v) is 7.62. The normalized spacial score (nSPS) is 21.4. The van der Waals surface area contributed by atoms with Crippen molar-refractivity contribution in [2.45, 2.75) is 31.9 Å². The van der Waals surface area contributed by atoms with Crippen LogP contribution in [0, 0.1) is 0 Å². The summed E-state index contributed by atoms with van der Waals surface area (Å²) in [6.45, 7) is 2.11. The molecule has 1 aliphatic heterocycles. The molecule has 4 nitrogen and oxygen atoms in total. The molecule has 0 amide bonds. The maximum Gasteiger partial charge on any atom is 0.129 e. The molecule has 0 fully saturated rings. The molecule has 106 valence electrons. The molecule has 0 spiro atoms. The van der Waals surface area contributed by atoms with Crippen LogP contribution in [0.5, 0.6) is 5.75 Å². The molecule has 0 radical (unpaired) electrons. The van der Waals surface area contributed by atoms with Crippen molar-refractivity contribution in [1.29, 1.82) is 0 Å². The number of benzene rings is 1. The van der Waals surface area contributed by atoms with E-state index < -0.39 is 0 Å². The van der Waals surface area contributed by atoms with Crippen molar-refractivity contribution in [3.05, 3.63) is 45.7 Å². The van der Waals surface area contributed by atoms with Crippen LogP contribution < -0.4 is 10.5 Å². The summed E-state index contributed by atoms with van der Waals surface area (Å²) in [4.78, 5) is 0. The van der Waals surface area contributed by atoms with Gasteiger partial charge in [0.2, 0.25) is 0 Å². The van der Waals surface area contributed by atoms with E-state index in [4.69, 9.17) is 10.5 Å². The van der Waals surface area contributed by atoms with Crippen LogP contribution in [0.4, 0.5) is 0 Å². The average Bonchev–Trinajstić information content (AvgIpc) is 2.79. The van der Waals surface area contributed by atoms with Crippen LogP contribution in [0.1, 0.15) is 42.3 Å². The highest BCUT2D eigenvalue weighted by Crippen LogP contribution is 2.41. The highest BCUT2D eigenvalue weighted by molar-refractivity contribution is 9.10. The molecule has 1 aliphatic rings. The lowest BCUT2D eigenvalue weighted by molar-refractivity contribution is 0.160. The van der Waals surface area contributed by atoms with Crippen molar-refractivity contribution in [3.8, 4) is 5.75 Å². The Kier molecular flexibility index (Phi) is 3.56. The summed E-state index contributed by atoms with van der Waals surface area (Å²) >= 11 is 3.48. The van der Waals surface area contributed by atoms with Crippen molar-refractivity contribution in [3.63, 3.8) is 0 Å². The first kappa shape index (κ1) is 13.6. The molecular formula is C15H18BrN3O. The zero-order chi connectivity index (χ0) is 14.3. The number of nitrogens with zero attached hydrogens (tertiary/aromatic N) is 2. The van der Waals surface area contributed by atoms with E-state index in [0.717, 1.165) is 39.9 Å². The van der Waals surface area contributed by atoms with Crippen molar-refractivity contribution in [2.75, 3.05) is 0 Å². The molecule has 5 heteroatoms. The molecule has 1 aromatic heterocycles. The Balaban J connectivity index is 1.98. The number of hydrogen-bond donors (Lipinski definition) is 1. The number of aryl methyl sites for hydroxylation is 2. The van der Waals surface area contributed by atoms with Crippen molar-refractivity contribution in [2.24, 2.45) is 12.8 Å². The van der Waals surface area contributed by atoms with Gasteiger partial charge in [-0.05, 0) is 18.6 Å². The van der Waals surface area contributed by atoms with Crippen LogP contribution in [0.15, 0.2) is 28.9 Å². The predicted octanol–water partition coefficient (Wildman–Crippen LogP) is 3.27. The summed E-state index contributed by atoms with van der Waals surface area (Å²) in [6.07, 6.45) is 3.71. The summed E-state index contributed by atoms with van der Waals surface area (Å²) in [5.41, 5.74) is 9.61. The van der Waals surface area contributed by atoms with E-state index in [0.29, 0.717) is 0 Å². The first-order valence-electron chi connectivity index (χ1n) is 6.82. The third-order valence-electron chi connectivity index (χ3n) is 3.73.